The summed E-state index contributed by atoms with van der Waals surface area (Å²) in [5.74, 6) is 0.259. The first-order valence-corrected chi connectivity index (χ1v) is 10.8. The summed E-state index contributed by atoms with van der Waals surface area (Å²) in [7, 11) is 4.62. The van der Waals surface area contributed by atoms with Crippen molar-refractivity contribution in [3.63, 3.8) is 0 Å². The SMILES string of the molecule is COc1cc(/C=N\NC(=O)Cn2c3ccccc3c(=O)c3ccccc32)ccc1OC(=O)N(C)C. The van der Waals surface area contributed by atoms with Crippen LogP contribution in [-0.4, -0.2) is 48.9 Å². The molecule has 1 heterocycles. The van der Waals surface area contributed by atoms with E-state index in [-0.39, 0.29) is 23.6 Å². The molecule has 0 aliphatic carbocycles. The predicted octanol–water partition coefficient (Wildman–Crippen LogP) is 3.37. The molecular weight excluding hydrogens is 448 g/mol. The number of hydrazone groups is 1. The molecule has 0 aliphatic rings. The summed E-state index contributed by atoms with van der Waals surface area (Å²) in [6.45, 7) is -0.0264. The van der Waals surface area contributed by atoms with Crippen LogP contribution in [0.25, 0.3) is 21.8 Å². The van der Waals surface area contributed by atoms with Gasteiger partial charge in [-0.1, -0.05) is 24.3 Å². The zero-order chi connectivity index (χ0) is 24.9. The minimum atomic E-state index is -0.528. The second kappa shape index (κ2) is 10.1. The number of benzene rings is 3. The van der Waals surface area contributed by atoms with Crippen LogP contribution in [0.4, 0.5) is 4.79 Å². The number of amides is 2. The van der Waals surface area contributed by atoms with Crippen molar-refractivity contribution in [2.75, 3.05) is 21.2 Å². The van der Waals surface area contributed by atoms with Gasteiger partial charge in [0.25, 0.3) is 5.91 Å². The van der Waals surface area contributed by atoms with E-state index in [0.29, 0.717) is 33.1 Å². The standard InChI is InChI=1S/C26H24N4O5/c1-29(2)26(33)35-22-13-12-17(14-23(22)34-3)15-27-28-24(31)16-30-20-10-6-4-8-18(20)25(32)19-9-5-7-11-21(19)30/h4-15H,16H2,1-3H3,(H,28,31)/b27-15-. The maximum atomic E-state index is 12.8. The molecule has 35 heavy (non-hydrogen) atoms. The van der Waals surface area contributed by atoms with E-state index in [2.05, 4.69) is 10.5 Å². The third-order valence-electron chi connectivity index (χ3n) is 5.33. The summed E-state index contributed by atoms with van der Waals surface area (Å²) in [5, 5.41) is 5.13. The fourth-order valence-electron chi connectivity index (χ4n) is 3.64. The maximum absolute atomic E-state index is 12.8. The van der Waals surface area contributed by atoms with E-state index in [0.717, 1.165) is 0 Å². The minimum Gasteiger partial charge on any atom is -0.493 e. The summed E-state index contributed by atoms with van der Waals surface area (Å²) in [6.07, 6.45) is 0.930. The smallest absolute Gasteiger partial charge is 0.414 e. The lowest BCUT2D eigenvalue weighted by molar-refractivity contribution is -0.121. The quantitative estimate of drug-likeness (QED) is 0.263. The van der Waals surface area contributed by atoms with Crippen LogP contribution in [0.1, 0.15) is 5.56 Å². The fourth-order valence-corrected chi connectivity index (χ4v) is 3.64. The Morgan fingerprint density at radius 2 is 1.60 bits per heavy atom. The average molecular weight is 473 g/mol. The van der Waals surface area contributed by atoms with Crippen LogP contribution in [0.5, 0.6) is 11.5 Å². The number of carbonyl (C=O) groups excluding carboxylic acids is 2. The molecule has 0 radical (unpaired) electrons. The zero-order valence-corrected chi connectivity index (χ0v) is 19.5. The van der Waals surface area contributed by atoms with E-state index in [1.807, 2.05) is 24.3 Å². The molecule has 178 valence electrons. The molecule has 0 atom stereocenters. The van der Waals surface area contributed by atoms with E-state index < -0.39 is 6.09 Å². The van der Waals surface area contributed by atoms with Gasteiger partial charge in [0.15, 0.2) is 16.9 Å². The number of carbonyl (C=O) groups is 2. The molecule has 4 rings (SSSR count). The molecule has 0 unspecified atom stereocenters. The Labute approximate surface area is 201 Å². The van der Waals surface area contributed by atoms with Crippen molar-refractivity contribution < 1.29 is 19.1 Å². The van der Waals surface area contributed by atoms with Crippen LogP contribution in [-0.2, 0) is 11.3 Å². The summed E-state index contributed by atoms with van der Waals surface area (Å²) in [6, 6.07) is 19.3. The number of pyridine rings is 1. The Morgan fingerprint density at radius 1 is 0.971 bits per heavy atom. The van der Waals surface area contributed by atoms with Crippen molar-refractivity contribution in [2.45, 2.75) is 6.54 Å². The number of methoxy groups -OCH3 is 1. The van der Waals surface area contributed by atoms with Gasteiger partial charge < -0.3 is 18.9 Å². The lowest BCUT2D eigenvalue weighted by Crippen LogP contribution is -2.25. The van der Waals surface area contributed by atoms with Crippen molar-refractivity contribution in [2.24, 2.45) is 5.10 Å². The molecule has 2 amide bonds. The molecule has 3 aromatic carbocycles. The number of hydrogen-bond acceptors (Lipinski definition) is 6. The highest BCUT2D eigenvalue weighted by Gasteiger charge is 2.13. The number of para-hydroxylation sites is 2. The topological polar surface area (TPSA) is 102 Å². The van der Waals surface area contributed by atoms with Crippen LogP contribution in [0, 0.1) is 0 Å². The third kappa shape index (κ3) is 4.98. The van der Waals surface area contributed by atoms with E-state index in [9.17, 15) is 14.4 Å². The van der Waals surface area contributed by atoms with E-state index >= 15 is 0 Å². The highest BCUT2D eigenvalue weighted by molar-refractivity contribution is 5.95. The summed E-state index contributed by atoms with van der Waals surface area (Å²) >= 11 is 0. The lowest BCUT2D eigenvalue weighted by atomic mass is 10.1. The van der Waals surface area contributed by atoms with Gasteiger partial charge in [0, 0.05) is 24.9 Å². The molecule has 4 aromatic rings. The number of aromatic nitrogens is 1. The van der Waals surface area contributed by atoms with Crippen molar-refractivity contribution in [1.29, 1.82) is 0 Å². The highest BCUT2D eigenvalue weighted by Crippen LogP contribution is 2.28. The summed E-state index contributed by atoms with van der Waals surface area (Å²) < 4.78 is 12.4. The normalized spacial score (nSPS) is 11.1. The lowest BCUT2D eigenvalue weighted by Gasteiger charge is -2.14. The molecule has 9 heteroatoms. The largest absolute Gasteiger partial charge is 0.493 e. The number of nitrogens with zero attached hydrogens (tertiary/aromatic N) is 3. The van der Waals surface area contributed by atoms with E-state index in [1.165, 1.54) is 18.2 Å². The van der Waals surface area contributed by atoms with Crippen molar-refractivity contribution in [3.05, 3.63) is 82.5 Å². The monoisotopic (exact) mass is 472 g/mol. The molecular formula is C26H24N4O5. The van der Waals surface area contributed by atoms with Crippen LogP contribution in [0.2, 0.25) is 0 Å². The van der Waals surface area contributed by atoms with Crippen LogP contribution in [0.3, 0.4) is 0 Å². The van der Waals surface area contributed by atoms with E-state index in [1.54, 1.807) is 61.1 Å². The van der Waals surface area contributed by atoms with Gasteiger partial charge in [0.1, 0.15) is 6.54 Å². The van der Waals surface area contributed by atoms with Gasteiger partial charge in [-0.2, -0.15) is 5.10 Å². The second-order valence-electron chi connectivity index (χ2n) is 7.92. The van der Waals surface area contributed by atoms with Crippen LogP contribution < -0.4 is 20.3 Å². The molecule has 0 aliphatic heterocycles. The molecule has 0 saturated carbocycles. The Kier molecular flexibility index (Phi) is 6.77. The first-order valence-electron chi connectivity index (χ1n) is 10.8. The van der Waals surface area contributed by atoms with Gasteiger partial charge in [-0.15, -0.1) is 0 Å². The van der Waals surface area contributed by atoms with E-state index in [4.69, 9.17) is 9.47 Å². The average Bonchev–Trinajstić information content (AvgIpc) is 2.87. The predicted molar refractivity (Wildman–Crippen MR) is 134 cm³/mol. The Morgan fingerprint density at radius 3 is 2.20 bits per heavy atom. The maximum Gasteiger partial charge on any atom is 0.414 e. The van der Waals surface area contributed by atoms with Crippen molar-refractivity contribution in [3.8, 4) is 11.5 Å². The molecule has 9 nitrogen and oxygen atoms in total. The summed E-state index contributed by atoms with van der Waals surface area (Å²) in [5.41, 5.74) is 4.42. The zero-order valence-electron chi connectivity index (χ0n) is 19.5. The molecule has 0 spiro atoms. The van der Waals surface area contributed by atoms with Crippen LogP contribution >= 0.6 is 0 Å². The number of ether oxygens (including phenoxy) is 2. The van der Waals surface area contributed by atoms with Gasteiger partial charge in [0.05, 0.1) is 24.4 Å². The number of hydrogen-bond donors (Lipinski definition) is 1. The van der Waals surface area contributed by atoms with Gasteiger partial charge >= 0.3 is 6.09 Å². The fraction of sp³-hybridized carbons (Fsp3) is 0.154. The van der Waals surface area contributed by atoms with Crippen molar-refractivity contribution >= 4 is 40.0 Å². The molecule has 0 bridgehead atoms. The first-order chi connectivity index (χ1) is 16.9. The van der Waals surface area contributed by atoms with Gasteiger partial charge in [-0.05, 0) is 48.0 Å². The minimum absolute atomic E-state index is 0.0264. The van der Waals surface area contributed by atoms with Gasteiger partial charge in [-0.25, -0.2) is 10.2 Å². The van der Waals surface area contributed by atoms with Gasteiger partial charge in [-0.3, -0.25) is 9.59 Å². The highest BCUT2D eigenvalue weighted by atomic mass is 16.6. The Balaban J connectivity index is 1.53. The van der Waals surface area contributed by atoms with Crippen LogP contribution in [0.15, 0.2) is 76.6 Å². The first kappa shape index (κ1) is 23.5. The second-order valence-corrected chi connectivity index (χ2v) is 7.92. The molecule has 1 aromatic heterocycles. The number of fused-ring (bicyclic) bond motifs is 2. The number of nitrogens with one attached hydrogen (secondary N) is 1. The van der Waals surface area contributed by atoms with Gasteiger partial charge in [0.2, 0.25) is 0 Å². The third-order valence-corrected chi connectivity index (χ3v) is 5.33. The molecule has 0 saturated heterocycles. The number of rotatable bonds is 6. The summed E-state index contributed by atoms with van der Waals surface area (Å²) in [4.78, 5) is 38.7. The molecule has 0 fully saturated rings. The Hall–Kier alpha value is -4.66. The molecule has 1 N–H and O–H groups in total. The van der Waals surface area contributed by atoms with Crippen molar-refractivity contribution in [1.82, 2.24) is 14.9 Å². The Bertz CT molecular complexity index is 1450.